The van der Waals surface area contributed by atoms with Crippen LogP contribution in [0.3, 0.4) is 0 Å². The van der Waals surface area contributed by atoms with Crippen LogP contribution in [0.1, 0.15) is 50.9 Å². The second kappa shape index (κ2) is 11.4. The van der Waals surface area contributed by atoms with Crippen LogP contribution in [-0.4, -0.2) is 46.8 Å². The van der Waals surface area contributed by atoms with Crippen LogP contribution >= 0.6 is 0 Å². The quantitative estimate of drug-likeness (QED) is 0.404. The lowest BCUT2D eigenvalue weighted by molar-refractivity contribution is 0.0666. The molecule has 0 atom stereocenters. The van der Waals surface area contributed by atoms with Gasteiger partial charge in [0.1, 0.15) is 6.54 Å². The molecule has 0 bridgehead atoms. The predicted molar refractivity (Wildman–Crippen MR) is 125 cm³/mol. The molecule has 0 unspecified atom stereocenters. The third kappa shape index (κ3) is 5.83. The van der Waals surface area contributed by atoms with Crippen molar-refractivity contribution in [2.75, 3.05) is 19.8 Å². The molecule has 1 amide bonds. The fraction of sp³-hybridized carbons (Fsp3) is 0.400. The predicted octanol–water partition coefficient (Wildman–Crippen LogP) is 4.98. The minimum absolute atomic E-state index is 0.109. The van der Waals surface area contributed by atoms with E-state index in [9.17, 15) is 4.79 Å². The first-order valence-electron chi connectivity index (χ1n) is 11.2. The van der Waals surface area contributed by atoms with Gasteiger partial charge >= 0.3 is 0 Å². The number of hydrogen-bond acceptors (Lipinski definition) is 7. The molecule has 0 N–H and O–H groups in total. The summed E-state index contributed by atoms with van der Waals surface area (Å²) in [5, 5.41) is 4.06. The van der Waals surface area contributed by atoms with Gasteiger partial charge in [0, 0.05) is 17.2 Å². The number of carbonyl (C=O) groups is 1. The van der Waals surface area contributed by atoms with Gasteiger partial charge in [-0.3, -0.25) is 4.79 Å². The highest BCUT2D eigenvalue weighted by Crippen LogP contribution is 2.39. The van der Waals surface area contributed by atoms with Gasteiger partial charge in [-0.05, 0) is 46.8 Å². The minimum atomic E-state index is -0.200. The summed E-state index contributed by atoms with van der Waals surface area (Å²) in [6.45, 7) is 11.0. The van der Waals surface area contributed by atoms with Crippen molar-refractivity contribution in [1.29, 1.82) is 0 Å². The molecule has 0 saturated carbocycles. The van der Waals surface area contributed by atoms with Crippen LogP contribution in [0, 0.1) is 0 Å². The summed E-state index contributed by atoms with van der Waals surface area (Å²) < 4.78 is 22.7. The lowest BCUT2D eigenvalue weighted by Gasteiger charge is -2.26. The van der Waals surface area contributed by atoms with E-state index in [-0.39, 0.29) is 18.5 Å². The largest absolute Gasteiger partial charge is 0.490 e. The standard InChI is InChI=1S/C25H31N3O5/c1-6-30-20-14-19(15-21(31-7-2)23(20)32-8-3)25(29)28(17(4)5)16-22-26-24(27-33-22)18-12-10-9-11-13-18/h9-15,17H,6-8,16H2,1-5H3. The number of rotatable bonds is 11. The van der Waals surface area contributed by atoms with Crippen LogP contribution in [-0.2, 0) is 6.54 Å². The molecule has 3 rings (SSSR count). The topological polar surface area (TPSA) is 86.9 Å². The molecule has 0 aliphatic rings. The van der Waals surface area contributed by atoms with E-state index in [1.54, 1.807) is 17.0 Å². The highest BCUT2D eigenvalue weighted by molar-refractivity contribution is 5.95. The Kier molecular flexibility index (Phi) is 8.29. The van der Waals surface area contributed by atoms with Crippen LogP contribution < -0.4 is 14.2 Å². The Morgan fingerprint density at radius 1 is 0.970 bits per heavy atom. The van der Waals surface area contributed by atoms with Gasteiger partial charge in [-0.15, -0.1) is 0 Å². The molecule has 0 radical (unpaired) electrons. The number of hydrogen-bond donors (Lipinski definition) is 0. The maximum Gasteiger partial charge on any atom is 0.254 e. The molecule has 1 aromatic heterocycles. The molecular formula is C25H31N3O5. The van der Waals surface area contributed by atoms with E-state index in [1.165, 1.54) is 0 Å². The average Bonchev–Trinajstić information content (AvgIpc) is 3.28. The summed E-state index contributed by atoms with van der Waals surface area (Å²) in [6.07, 6.45) is 0. The molecule has 1 heterocycles. The Bertz CT molecular complexity index is 1020. The van der Waals surface area contributed by atoms with Crippen LogP contribution in [0.15, 0.2) is 47.0 Å². The molecule has 8 heteroatoms. The Hall–Kier alpha value is -3.55. The third-order valence-corrected chi connectivity index (χ3v) is 4.85. The van der Waals surface area contributed by atoms with Gasteiger partial charge in [-0.25, -0.2) is 0 Å². The maximum absolute atomic E-state index is 13.5. The SMILES string of the molecule is CCOc1cc(C(=O)N(Cc2nc(-c3ccccc3)no2)C(C)C)cc(OCC)c1OCC. The van der Waals surface area contributed by atoms with Crippen molar-refractivity contribution >= 4 is 5.91 Å². The molecular weight excluding hydrogens is 422 g/mol. The van der Waals surface area contributed by atoms with Crippen LogP contribution in [0.2, 0.25) is 0 Å². The van der Waals surface area contributed by atoms with E-state index in [4.69, 9.17) is 18.7 Å². The molecule has 0 saturated heterocycles. The maximum atomic E-state index is 13.5. The summed E-state index contributed by atoms with van der Waals surface area (Å²) >= 11 is 0. The molecule has 0 fully saturated rings. The van der Waals surface area contributed by atoms with E-state index < -0.39 is 0 Å². The molecule has 0 aliphatic carbocycles. The number of carbonyl (C=O) groups excluding carboxylic acids is 1. The normalized spacial score (nSPS) is 10.8. The lowest BCUT2D eigenvalue weighted by Crippen LogP contribution is -2.36. The number of ether oxygens (including phenoxy) is 3. The summed E-state index contributed by atoms with van der Waals surface area (Å²) in [5.41, 5.74) is 1.28. The molecule has 176 valence electrons. The van der Waals surface area contributed by atoms with Gasteiger partial charge in [-0.1, -0.05) is 35.5 Å². The van der Waals surface area contributed by atoms with E-state index in [0.29, 0.717) is 54.3 Å². The summed E-state index contributed by atoms with van der Waals surface area (Å²) in [4.78, 5) is 19.7. The van der Waals surface area contributed by atoms with Crippen LogP contribution in [0.25, 0.3) is 11.4 Å². The van der Waals surface area contributed by atoms with Crippen molar-refractivity contribution in [3.05, 3.63) is 53.9 Å². The Morgan fingerprint density at radius 2 is 1.58 bits per heavy atom. The van der Waals surface area contributed by atoms with Crippen molar-refractivity contribution in [1.82, 2.24) is 15.0 Å². The van der Waals surface area contributed by atoms with Crippen molar-refractivity contribution in [2.45, 2.75) is 47.2 Å². The third-order valence-electron chi connectivity index (χ3n) is 4.85. The molecule has 2 aromatic carbocycles. The first-order valence-corrected chi connectivity index (χ1v) is 11.2. The fourth-order valence-electron chi connectivity index (χ4n) is 3.34. The fourth-order valence-corrected chi connectivity index (χ4v) is 3.34. The second-order valence-corrected chi connectivity index (χ2v) is 7.51. The van der Waals surface area contributed by atoms with Gasteiger partial charge in [0.25, 0.3) is 5.91 Å². The smallest absolute Gasteiger partial charge is 0.254 e. The monoisotopic (exact) mass is 453 g/mol. The summed E-state index contributed by atoms with van der Waals surface area (Å²) in [6, 6.07) is 12.8. The zero-order valence-electron chi connectivity index (χ0n) is 19.8. The van der Waals surface area contributed by atoms with Crippen molar-refractivity contribution < 1.29 is 23.5 Å². The van der Waals surface area contributed by atoms with E-state index in [2.05, 4.69) is 10.1 Å². The molecule has 0 aliphatic heterocycles. The molecule has 8 nitrogen and oxygen atoms in total. The van der Waals surface area contributed by atoms with E-state index in [1.807, 2.05) is 65.0 Å². The van der Waals surface area contributed by atoms with E-state index in [0.717, 1.165) is 5.56 Å². The Morgan fingerprint density at radius 3 is 2.12 bits per heavy atom. The van der Waals surface area contributed by atoms with Crippen LogP contribution in [0.4, 0.5) is 0 Å². The van der Waals surface area contributed by atoms with Gasteiger partial charge < -0.3 is 23.6 Å². The first kappa shape index (κ1) is 24.1. The molecule has 0 spiro atoms. The second-order valence-electron chi connectivity index (χ2n) is 7.51. The highest BCUT2D eigenvalue weighted by atomic mass is 16.5. The van der Waals surface area contributed by atoms with Crippen molar-refractivity contribution in [3.63, 3.8) is 0 Å². The summed E-state index contributed by atoms with van der Waals surface area (Å²) in [7, 11) is 0. The Labute approximate surface area is 194 Å². The van der Waals surface area contributed by atoms with Gasteiger partial charge in [0.15, 0.2) is 11.5 Å². The van der Waals surface area contributed by atoms with E-state index >= 15 is 0 Å². The molecule has 33 heavy (non-hydrogen) atoms. The molecule has 3 aromatic rings. The van der Waals surface area contributed by atoms with Crippen molar-refractivity contribution in [2.24, 2.45) is 0 Å². The zero-order chi connectivity index (χ0) is 23.8. The van der Waals surface area contributed by atoms with Gasteiger partial charge in [0.05, 0.1) is 19.8 Å². The van der Waals surface area contributed by atoms with Gasteiger partial charge in [0.2, 0.25) is 17.5 Å². The highest BCUT2D eigenvalue weighted by Gasteiger charge is 2.25. The minimum Gasteiger partial charge on any atom is -0.490 e. The zero-order valence-corrected chi connectivity index (χ0v) is 19.8. The van der Waals surface area contributed by atoms with Crippen molar-refractivity contribution in [3.8, 4) is 28.6 Å². The number of benzene rings is 2. The number of nitrogens with zero attached hydrogens (tertiary/aromatic N) is 3. The lowest BCUT2D eigenvalue weighted by atomic mass is 10.1. The van der Waals surface area contributed by atoms with Gasteiger partial charge in [-0.2, -0.15) is 4.98 Å². The average molecular weight is 454 g/mol. The number of amides is 1. The first-order chi connectivity index (χ1) is 16.0. The summed E-state index contributed by atoms with van der Waals surface area (Å²) in [5.74, 6) is 2.09. The van der Waals surface area contributed by atoms with Crippen LogP contribution in [0.5, 0.6) is 17.2 Å². The Balaban J connectivity index is 1.91. The number of aromatic nitrogens is 2.